The van der Waals surface area contributed by atoms with Gasteiger partial charge in [-0.1, -0.05) is 18.3 Å². The minimum Gasteiger partial charge on any atom is -0.316 e. The number of amides is 1. The first-order chi connectivity index (χ1) is 8.85. The molecule has 0 aromatic carbocycles. The van der Waals surface area contributed by atoms with Crippen LogP contribution >= 0.6 is 23.7 Å². The third-order valence-corrected chi connectivity index (χ3v) is 3.82. The van der Waals surface area contributed by atoms with Crippen LogP contribution in [-0.2, 0) is 11.2 Å². The first-order valence-electron chi connectivity index (χ1n) is 5.76. The quantitative estimate of drug-likeness (QED) is 0.884. The van der Waals surface area contributed by atoms with Crippen molar-refractivity contribution in [2.24, 2.45) is 11.8 Å². The van der Waals surface area contributed by atoms with Gasteiger partial charge in [-0.05, 0) is 19.0 Å². The van der Waals surface area contributed by atoms with Crippen LogP contribution in [0.1, 0.15) is 11.9 Å². The maximum Gasteiger partial charge on any atom is 0.395 e. The van der Waals surface area contributed by atoms with Crippen LogP contribution in [0, 0.1) is 11.8 Å². The Labute approximate surface area is 123 Å². The molecule has 1 aliphatic heterocycles. The van der Waals surface area contributed by atoms with Crippen LogP contribution < -0.4 is 10.6 Å². The van der Waals surface area contributed by atoms with E-state index in [2.05, 4.69) is 20.8 Å². The van der Waals surface area contributed by atoms with Gasteiger partial charge in [0.25, 0.3) is 0 Å². The Bertz CT molecular complexity index is 464. The van der Waals surface area contributed by atoms with Crippen LogP contribution in [0.3, 0.4) is 0 Å². The lowest BCUT2D eigenvalue weighted by atomic mass is 9.88. The van der Waals surface area contributed by atoms with Crippen LogP contribution in [0.25, 0.3) is 0 Å². The fourth-order valence-electron chi connectivity index (χ4n) is 1.64. The predicted octanol–water partition coefficient (Wildman–Crippen LogP) is 1.86. The molecule has 0 spiro atoms. The molecule has 1 amide bonds. The molecule has 1 saturated heterocycles. The van der Waals surface area contributed by atoms with Crippen LogP contribution in [0.5, 0.6) is 0 Å². The summed E-state index contributed by atoms with van der Waals surface area (Å²) in [6, 6.07) is 0. The van der Waals surface area contributed by atoms with Gasteiger partial charge in [-0.15, -0.1) is 22.6 Å². The monoisotopic (exact) mass is 330 g/mol. The van der Waals surface area contributed by atoms with E-state index in [-0.39, 0.29) is 40.3 Å². The second-order valence-corrected chi connectivity index (χ2v) is 5.55. The lowest BCUT2D eigenvalue weighted by molar-refractivity contribution is -0.127. The normalized spacial score (nSPS) is 17.0. The van der Waals surface area contributed by atoms with Gasteiger partial charge >= 0.3 is 6.18 Å². The number of nitrogens with zero attached hydrogens (tertiary/aromatic N) is 2. The largest absolute Gasteiger partial charge is 0.395 e. The summed E-state index contributed by atoms with van der Waals surface area (Å²) in [6.07, 6.45) is -5.44. The maximum absolute atomic E-state index is 12.1. The molecule has 1 aromatic rings. The molecule has 1 unspecified atom stereocenters. The average Bonchev–Trinajstić information content (AvgIpc) is 2.59. The molecular formula is C10H14ClF3N4OS. The van der Waals surface area contributed by atoms with E-state index in [1.165, 1.54) is 0 Å². The highest BCUT2D eigenvalue weighted by molar-refractivity contribution is 7.15. The molecule has 20 heavy (non-hydrogen) atoms. The Morgan fingerprint density at radius 2 is 2.15 bits per heavy atom. The lowest BCUT2D eigenvalue weighted by Crippen LogP contribution is -2.48. The summed E-state index contributed by atoms with van der Waals surface area (Å²) in [5.74, 6) is -0.167. The minimum absolute atomic E-state index is 0. The zero-order chi connectivity index (χ0) is 14.0. The molecule has 10 heteroatoms. The molecule has 0 saturated carbocycles. The fraction of sp³-hybridized carbons (Fsp3) is 0.700. The smallest absolute Gasteiger partial charge is 0.316 e. The van der Waals surface area contributed by atoms with E-state index in [1.54, 1.807) is 6.92 Å². The minimum atomic E-state index is -4.31. The summed E-state index contributed by atoms with van der Waals surface area (Å²) in [7, 11) is 0. The maximum atomic E-state index is 12.1. The van der Waals surface area contributed by atoms with Gasteiger partial charge in [-0.3, -0.25) is 4.79 Å². The third kappa shape index (κ3) is 4.57. The number of carbonyl (C=O) groups is 1. The highest BCUT2D eigenvalue weighted by atomic mass is 35.5. The molecule has 1 atom stereocenters. The lowest BCUT2D eigenvalue weighted by Gasteiger charge is -2.31. The van der Waals surface area contributed by atoms with Crippen molar-refractivity contribution in [3.8, 4) is 0 Å². The summed E-state index contributed by atoms with van der Waals surface area (Å²) in [4.78, 5) is 11.8. The van der Waals surface area contributed by atoms with Gasteiger partial charge in [0.2, 0.25) is 11.0 Å². The molecule has 114 valence electrons. The number of nitrogens with one attached hydrogen (secondary N) is 2. The number of aromatic nitrogens is 2. The van der Waals surface area contributed by atoms with Crippen LogP contribution in [0.2, 0.25) is 0 Å². The Balaban J connectivity index is 0.00000200. The molecule has 1 fully saturated rings. The van der Waals surface area contributed by atoms with Crippen molar-refractivity contribution in [3.63, 3.8) is 0 Å². The summed E-state index contributed by atoms with van der Waals surface area (Å²) in [6.45, 7) is 3.35. The molecule has 0 aliphatic carbocycles. The van der Waals surface area contributed by atoms with Crippen LogP contribution in [-0.4, -0.2) is 35.4 Å². The molecule has 2 N–H and O–H groups in total. The van der Waals surface area contributed by atoms with Crippen molar-refractivity contribution < 1.29 is 18.0 Å². The second-order valence-electron chi connectivity index (χ2n) is 4.49. The summed E-state index contributed by atoms with van der Waals surface area (Å²) < 4.78 is 36.4. The zero-order valence-corrected chi connectivity index (χ0v) is 12.2. The highest BCUT2D eigenvalue weighted by Gasteiger charge is 2.31. The Kier molecular flexibility index (Phi) is 5.72. The predicted molar refractivity (Wildman–Crippen MR) is 71.1 cm³/mol. The Morgan fingerprint density at radius 3 is 2.65 bits per heavy atom. The molecule has 0 radical (unpaired) electrons. The van der Waals surface area contributed by atoms with E-state index in [9.17, 15) is 18.0 Å². The Morgan fingerprint density at radius 1 is 1.50 bits per heavy atom. The SMILES string of the molecule is CC(C(=O)Nc1nnc(CC(F)(F)F)s1)C1CNC1.Cl. The highest BCUT2D eigenvalue weighted by Crippen LogP contribution is 2.26. The van der Waals surface area contributed by atoms with Gasteiger partial charge in [0, 0.05) is 5.92 Å². The van der Waals surface area contributed by atoms with Crippen LogP contribution in [0.4, 0.5) is 18.3 Å². The molecule has 0 bridgehead atoms. The van der Waals surface area contributed by atoms with E-state index < -0.39 is 12.6 Å². The number of alkyl halides is 3. The van der Waals surface area contributed by atoms with Crippen molar-refractivity contribution in [3.05, 3.63) is 5.01 Å². The van der Waals surface area contributed by atoms with Gasteiger partial charge in [0.15, 0.2) is 0 Å². The summed E-state index contributed by atoms with van der Waals surface area (Å²) in [5.41, 5.74) is 0. The molecule has 5 nitrogen and oxygen atoms in total. The average molecular weight is 331 g/mol. The molecule has 2 rings (SSSR count). The number of hydrogen-bond acceptors (Lipinski definition) is 5. The van der Waals surface area contributed by atoms with Crippen molar-refractivity contribution >= 4 is 34.8 Å². The van der Waals surface area contributed by atoms with E-state index in [0.717, 1.165) is 24.4 Å². The van der Waals surface area contributed by atoms with Crippen LogP contribution in [0.15, 0.2) is 0 Å². The molecule has 1 aromatic heterocycles. The number of carbonyl (C=O) groups excluding carboxylic acids is 1. The van der Waals surface area contributed by atoms with Crippen molar-refractivity contribution in [1.82, 2.24) is 15.5 Å². The number of halogens is 4. The first-order valence-corrected chi connectivity index (χ1v) is 6.57. The third-order valence-electron chi connectivity index (χ3n) is 2.98. The van der Waals surface area contributed by atoms with E-state index in [0.29, 0.717) is 0 Å². The first kappa shape index (κ1) is 17.1. The topological polar surface area (TPSA) is 66.9 Å². The Hall–Kier alpha value is -0.930. The molecule has 2 heterocycles. The number of hydrogen-bond donors (Lipinski definition) is 2. The van der Waals surface area contributed by atoms with Crippen molar-refractivity contribution in [1.29, 1.82) is 0 Å². The van der Waals surface area contributed by atoms with Gasteiger partial charge in [0.05, 0.1) is 6.42 Å². The fourth-order valence-corrected chi connectivity index (χ4v) is 2.42. The van der Waals surface area contributed by atoms with Gasteiger partial charge < -0.3 is 10.6 Å². The van der Waals surface area contributed by atoms with E-state index in [1.807, 2.05) is 0 Å². The van der Waals surface area contributed by atoms with Gasteiger partial charge in [-0.25, -0.2) is 0 Å². The molecule has 1 aliphatic rings. The summed E-state index contributed by atoms with van der Waals surface area (Å²) >= 11 is 0.753. The zero-order valence-electron chi connectivity index (χ0n) is 10.5. The standard InChI is InChI=1S/C10H13F3N4OS.ClH/c1-5(6-3-14-4-6)8(18)15-9-17-16-7(19-9)2-10(11,12)13;/h5-6,14H,2-4H2,1H3,(H,15,17,18);1H. The second kappa shape index (κ2) is 6.68. The van der Waals surface area contributed by atoms with Gasteiger partial charge in [0.1, 0.15) is 5.01 Å². The number of anilines is 1. The number of rotatable bonds is 4. The van der Waals surface area contributed by atoms with Crippen molar-refractivity contribution in [2.75, 3.05) is 18.4 Å². The van der Waals surface area contributed by atoms with E-state index in [4.69, 9.17) is 0 Å². The van der Waals surface area contributed by atoms with E-state index >= 15 is 0 Å². The molecular weight excluding hydrogens is 317 g/mol. The summed E-state index contributed by atoms with van der Waals surface area (Å²) in [5, 5.41) is 12.5. The van der Waals surface area contributed by atoms with Gasteiger partial charge in [-0.2, -0.15) is 13.2 Å². The van der Waals surface area contributed by atoms with Crippen molar-refractivity contribution in [2.45, 2.75) is 19.5 Å².